The molecule has 1 saturated heterocycles. The normalized spacial score (nSPS) is 29.0. The third-order valence-corrected chi connectivity index (χ3v) is 7.81. The minimum atomic E-state index is -1.42. The molecule has 1 saturated carbocycles. The largest absolute Gasteiger partial charge is 0.479 e. The van der Waals surface area contributed by atoms with E-state index in [0.29, 0.717) is 25.9 Å². The van der Waals surface area contributed by atoms with Gasteiger partial charge in [-0.25, -0.2) is 9.59 Å². The molecule has 2 aliphatic heterocycles. The summed E-state index contributed by atoms with van der Waals surface area (Å²) in [5, 5.41) is 15.2. The fourth-order valence-corrected chi connectivity index (χ4v) is 5.36. The van der Waals surface area contributed by atoms with Crippen LogP contribution in [-0.2, 0) is 30.5 Å². The van der Waals surface area contributed by atoms with Gasteiger partial charge in [0.2, 0.25) is 11.8 Å². The van der Waals surface area contributed by atoms with Crippen LogP contribution in [0.3, 0.4) is 0 Å². The van der Waals surface area contributed by atoms with Crippen LogP contribution in [-0.4, -0.2) is 70.8 Å². The number of unbranched alkanes of at least 4 members (excludes halogenated alkanes) is 1. The summed E-state index contributed by atoms with van der Waals surface area (Å²) >= 11 is 0. The smallest absolute Gasteiger partial charge is 0.407 e. The van der Waals surface area contributed by atoms with Crippen LogP contribution in [0.2, 0.25) is 0 Å². The van der Waals surface area contributed by atoms with Gasteiger partial charge < -0.3 is 30.1 Å². The van der Waals surface area contributed by atoms with Gasteiger partial charge in [0.1, 0.15) is 17.6 Å². The van der Waals surface area contributed by atoms with Crippen LogP contribution in [0.5, 0.6) is 0 Å². The van der Waals surface area contributed by atoms with Gasteiger partial charge >= 0.3 is 12.1 Å². The van der Waals surface area contributed by atoms with E-state index in [9.17, 15) is 24.3 Å². The summed E-state index contributed by atoms with van der Waals surface area (Å²) < 4.78 is 11.5. The molecule has 10 heteroatoms. The van der Waals surface area contributed by atoms with Gasteiger partial charge in [0.15, 0.2) is 0 Å². The Hall–Kier alpha value is -3.66. The number of hydrogen-bond donors (Lipinski definition) is 3. The number of alkyl carbamates (subject to hydrolysis) is 1. The summed E-state index contributed by atoms with van der Waals surface area (Å²) in [5.74, 6) is -2.49. The number of aliphatic carboxylic acids is 1. The van der Waals surface area contributed by atoms with Crippen LogP contribution in [0, 0.1) is 5.92 Å². The maximum atomic E-state index is 13.8. The Morgan fingerprint density at radius 3 is 2.88 bits per heavy atom. The second-order valence-electron chi connectivity index (χ2n) is 10.8. The highest BCUT2D eigenvalue weighted by atomic mass is 16.5. The number of fused-ring (bicyclic) bond motifs is 4. The molecule has 3 aliphatic rings. The van der Waals surface area contributed by atoms with Crippen molar-refractivity contribution in [3.8, 4) is 0 Å². The molecule has 2 heterocycles. The van der Waals surface area contributed by atoms with E-state index in [4.69, 9.17) is 9.47 Å². The molecule has 40 heavy (non-hydrogen) atoms. The Balaban J connectivity index is 1.59. The number of ether oxygens (including phenoxy) is 2. The van der Waals surface area contributed by atoms with Crippen LogP contribution < -0.4 is 10.6 Å². The molecule has 216 valence electrons. The zero-order valence-electron chi connectivity index (χ0n) is 23.0. The van der Waals surface area contributed by atoms with Crippen molar-refractivity contribution in [2.75, 3.05) is 13.2 Å². The minimum Gasteiger partial charge on any atom is -0.479 e. The van der Waals surface area contributed by atoms with Crippen LogP contribution in [0.25, 0.3) is 6.08 Å². The molecule has 2 fully saturated rings. The zero-order chi connectivity index (χ0) is 28.7. The van der Waals surface area contributed by atoms with E-state index >= 15 is 0 Å². The Kier molecular flexibility index (Phi) is 9.63. The molecule has 5 atom stereocenters. The summed E-state index contributed by atoms with van der Waals surface area (Å²) in [6.45, 7) is 6.30. The number of nitrogens with zero attached hydrogens (tertiary/aromatic N) is 1. The SMILES string of the molecule is C=C[C@@H]1C[C@]1(NC(=O)[C@@H]1C[C@@H]2CN1C(=O)[C@H](CCCC)NC(=O)OCCCC=Cc1cccc(c1)CO2)C(=O)O. The van der Waals surface area contributed by atoms with E-state index < -0.39 is 47.6 Å². The van der Waals surface area contributed by atoms with Crippen molar-refractivity contribution in [1.29, 1.82) is 0 Å². The minimum absolute atomic E-state index is 0.140. The number of allylic oxidation sites excluding steroid dienone is 1. The van der Waals surface area contributed by atoms with Gasteiger partial charge in [-0.3, -0.25) is 9.59 Å². The van der Waals surface area contributed by atoms with Crippen LogP contribution >= 0.6 is 0 Å². The Bertz CT molecular complexity index is 1150. The molecular weight excluding hydrogens is 514 g/mol. The molecule has 1 aliphatic carbocycles. The molecule has 0 radical (unpaired) electrons. The van der Waals surface area contributed by atoms with Gasteiger partial charge in [0.25, 0.3) is 0 Å². The highest BCUT2D eigenvalue weighted by Gasteiger charge is 2.61. The van der Waals surface area contributed by atoms with E-state index in [0.717, 1.165) is 24.0 Å². The van der Waals surface area contributed by atoms with Crippen molar-refractivity contribution in [1.82, 2.24) is 15.5 Å². The summed E-state index contributed by atoms with van der Waals surface area (Å²) in [6.07, 6.45) is 8.11. The maximum Gasteiger partial charge on any atom is 0.407 e. The molecule has 1 aromatic rings. The Morgan fingerprint density at radius 2 is 2.15 bits per heavy atom. The lowest BCUT2D eigenvalue weighted by Gasteiger charge is -2.29. The number of carbonyl (C=O) groups is 4. The predicted octanol–water partition coefficient (Wildman–Crippen LogP) is 3.41. The number of rotatable bonds is 7. The average Bonchev–Trinajstić information content (AvgIpc) is 3.49. The fourth-order valence-electron chi connectivity index (χ4n) is 5.36. The van der Waals surface area contributed by atoms with Crippen molar-refractivity contribution in [3.05, 3.63) is 54.1 Å². The summed E-state index contributed by atoms with van der Waals surface area (Å²) in [5.41, 5.74) is 0.554. The molecule has 4 rings (SSSR count). The monoisotopic (exact) mass is 553 g/mol. The lowest BCUT2D eigenvalue weighted by molar-refractivity contribution is -0.145. The highest BCUT2D eigenvalue weighted by molar-refractivity contribution is 5.96. The zero-order valence-corrected chi connectivity index (χ0v) is 23.0. The first-order valence-corrected chi connectivity index (χ1v) is 14.1. The number of nitrogens with one attached hydrogen (secondary N) is 2. The van der Waals surface area contributed by atoms with E-state index in [1.165, 1.54) is 11.0 Å². The van der Waals surface area contributed by atoms with Gasteiger partial charge in [-0.15, -0.1) is 6.58 Å². The van der Waals surface area contributed by atoms with E-state index in [1.807, 2.05) is 43.3 Å². The summed E-state index contributed by atoms with van der Waals surface area (Å²) in [6, 6.07) is 6.08. The maximum absolute atomic E-state index is 13.8. The molecule has 0 aromatic heterocycles. The van der Waals surface area contributed by atoms with Crippen LogP contribution in [0.4, 0.5) is 4.79 Å². The lowest BCUT2D eigenvalue weighted by Crippen LogP contribution is -2.56. The van der Waals surface area contributed by atoms with Gasteiger partial charge in [0, 0.05) is 18.9 Å². The third-order valence-electron chi connectivity index (χ3n) is 7.81. The number of carboxylic acid groups (broad SMARTS) is 1. The second-order valence-corrected chi connectivity index (χ2v) is 10.8. The first-order valence-electron chi connectivity index (χ1n) is 14.1. The molecule has 0 unspecified atom stereocenters. The molecule has 3 N–H and O–H groups in total. The van der Waals surface area contributed by atoms with Crippen molar-refractivity contribution < 1.29 is 33.8 Å². The van der Waals surface area contributed by atoms with Gasteiger partial charge in [0.05, 0.1) is 19.3 Å². The van der Waals surface area contributed by atoms with E-state index in [-0.39, 0.29) is 31.9 Å². The van der Waals surface area contributed by atoms with Crippen molar-refractivity contribution in [2.24, 2.45) is 5.92 Å². The first-order chi connectivity index (χ1) is 19.3. The predicted molar refractivity (Wildman–Crippen MR) is 148 cm³/mol. The highest BCUT2D eigenvalue weighted by Crippen LogP contribution is 2.45. The molecule has 4 bridgehead atoms. The second kappa shape index (κ2) is 13.1. The molecular formula is C30H39N3O7. The van der Waals surface area contributed by atoms with Gasteiger partial charge in [-0.05, 0) is 42.9 Å². The average molecular weight is 554 g/mol. The lowest BCUT2D eigenvalue weighted by atomic mass is 10.1. The van der Waals surface area contributed by atoms with Crippen LogP contribution in [0.15, 0.2) is 43.0 Å². The standard InChI is InChI=1S/C30H39N3O7/c1-3-5-13-24-27(35)33-18-23(16-25(33)26(34)32-30(28(36)37)17-22(30)4-2)40-19-21-12-9-11-20(15-21)10-7-6-8-14-39-29(38)31-24/h4,7,9-12,15,22-25H,2-3,5-6,8,13-14,16-19H2,1H3,(H,31,38)(H,32,34)(H,36,37)/t22-,23-,24+,25+,30-/m1/s1. The first kappa shape index (κ1) is 29.3. The van der Waals surface area contributed by atoms with E-state index in [1.54, 1.807) is 0 Å². The van der Waals surface area contributed by atoms with Crippen molar-refractivity contribution in [3.63, 3.8) is 0 Å². The van der Waals surface area contributed by atoms with Gasteiger partial charge in [-0.1, -0.05) is 56.2 Å². The molecule has 3 amide bonds. The number of carbonyl (C=O) groups excluding carboxylic acids is 3. The fraction of sp³-hybridized carbons (Fsp3) is 0.533. The van der Waals surface area contributed by atoms with Gasteiger partial charge in [-0.2, -0.15) is 0 Å². The van der Waals surface area contributed by atoms with E-state index in [2.05, 4.69) is 17.2 Å². The van der Waals surface area contributed by atoms with Crippen LogP contribution in [0.1, 0.15) is 63.0 Å². The number of cyclic esters (lactones) is 1. The number of amides is 3. The number of benzene rings is 1. The molecule has 10 nitrogen and oxygen atoms in total. The molecule has 0 spiro atoms. The molecule has 1 aromatic carbocycles. The Labute approximate surface area is 234 Å². The van der Waals surface area contributed by atoms with Crippen molar-refractivity contribution >= 4 is 30.0 Å². The quantitative estimate of drug-likeness (QED) is 0.441. The topological polar surface area (TPSA) is 134 Å². The number of hydrogen-bond acceptors (Lipinski definition) is 6. The third kappa shape index (κ3) is 6.91. The summed E-state index contributed by atoms with van der Waals surface area (Å²) in [7, 11) is 0. The van der Waals surface area contributed by atoms with Crippen molar-refractivity contribution in [2.45, 2.75) is 82.2 Å². The summed E-state index contributed by atoms with van der Waals surface area (Å²) in [4.78, 5) is 53.3. The number of carboxylic acids is 1. The Morgan fingerprint density at radius 1 is 1.32 bits per heavy atom.